The van der Waals surface area contributed by atoms with Crippen LogP contribution in [0, 0.1) is 11.6 Å². The van der Waals surface area contributed by atoms with Gasteiger partial charge in [-0.25, -0.2) is 8.78 Å². The fourth-order valence-electron chi connectivity index (χ4n) is 4.31. The third kappa shape index (κ3) is 4.14. The lowest BCUT2D eigenvalue weighted by molar-refractivity contribution is 0.0510. The van der Waals surface area contributed by atoms with Crippen molar-refractivity contribution in [1.29, 1.82) is 0 Å². The predicted molar refractivity (Wildman–Crippen MR) is 112 cm³/mol. The molecular formula is C22H23F3N4O4. The van der Waals surface area contributed by atoms with Crippen LogP contribution in [0.3, 0.4) is 0 Å². The molecule has 1 aromatic carbocycles. The summed E-state index contributed by atoms with van der Waals surface area (Å²) in [4.78, 5) is 40.0. The molecular weight excluding hydrogens is 441 g/mol. The molecule has 0 aliphatic carbocycles. The average molecular weight is 464 g/mol. The molecule has 0 unspecified atom stereocenters. The molecule has 1 aromatic heterocycles. The SMILES string of the molecule is O=C(NCc1ccc(F)cc1F)c1cn2c(c(O)c1=O)C(=O)N(CCCF)[C@@H]1CCCCN12. The molecule has 2 amide bonds. The number of pyridine rings is 1. The fraction of sp³-hybridized carbons (Fsp3) is 0.409. The Balaban J connectivity index is 1.67. The second-order valence-electron chi connectivity index (χ2n) is 8.01. The summed E-state index contributed by atoms with van der Waals surface area (Å²) in [5, 5.41) is 14.7. The molecule has 1 saturated heterocycles. The number of amides is 2. The van der Waals surface area contributed by atoms with E-state index in [1.54, 1.807) is 5.01 Å². The van der Waals surface area contributed by atoms with E-state index in [4.69, 9.17) is 0 Å². The third-order valence-electron chi connectivity index (χ3n) is 5.94. The second kappa shape index (κ2) is 9.16. The third-order valence-corrected chi connectivity index (χ3v) is 5.94. The number of aromatic hydroxyl groups is 1. The van der Waals surface area contributed by atoms with E-state index >= 15 is 0 Å². The Hall–Kier alpha value is -3.50. The Kier molecular flexibility index (Phi) is 6.30. The van der Waals surface area contributed by atoms with Crippen molar-refractivity contribution < 1.29 is 27.9 Å². The largest absolute Gasteiger partial charge is 0.502 e. The number of nitrogens with one attached hydrogen (secondary N) is 1. The maximum Gasteiger partial charge on any atom is 0.278 e. The number of hydrogen-bond donors (Lipinski definition) is 2. The molecule has 0 saturated carbocycles. The van der Waals surface area contributed by atoms with E-state index in [1.807, 2.05) is 0 Å². The Bertz CT molecular complexity index is 1150. The summed E-state index contributed by atoms with van der Waals surface area (Å²) in [5.74, 6) is -3.98. The molecule has 2 aliphatic heterocycles. The van der Waals surface area contributed by atoms with Crippen molar-refractivity contribution in [3.63, 3.8) is 0 Å². The van der Waals surface area contributed by atoms with Gasteiger partial charge in [0.2, 0.25) is 5.43 Å². The molecule has 3 heterocycles. The van der Waals surface area contributed by atoms with Gasteiger partial charge in [0.15, 0.2) is 11.4 Å². The molecule has 0 spiro atoms. The first-order chi connectivity index (χ1) is 15.8. The number of rotatable bonds is 6. The van der Waals surface area contributed by atoms with Gasteiger partial charge in [-0.15, -0.1) is 0 Å². The maximum absolute atomic E-state index is 13.9. The van der Waals surface area contributed by atoms with Gasteiger partial charge in [-0.3, -0.25) is 28.5 Å². The van der Waals surface area contributed by atoms with E-state index < -0.39 is 53.0 Å². The fourth-order valence-corrected chi connectivity index (χ4v) is 4.31. The number of carbonyl (C=O) groups excluding carboxylic acids is 2. The van der Waals surface area contributed by atoms with Crippen LogP contribution < -0.4 is 15.8 Å². The number of fused-ring (bicyclic) bond motifs is 3. The molecule has 8 nitrogen and oxygen atoms in total. The highest BCUT2D eigenvalue weighted by Gasteiger charge is 2.41. The zero-order chi connectivity index (χ0) is 23.7. The Morgan fingerprint density at radius 1 is 1.21 bits per heavy atom. The first kappa shape index (κ1) is 22.7. The van der Waals surface area contributed by atoms with Gasteiger partial charge in [0.25, 0.3) is 11.8 Å². The van der Waals surface area contributed by atoms with Gasteiger partial charge >= 0.3 is 0 Å². The van der Waals surface area contributed by atoms with E-state index in [-0.39, 0.29) is 30.8 Å². The van der Waals surface area contributed by atoms with Crippen LogP contribution in [0.25, 0.3) is 0 Å². The minimum atomic E-state index is -1.05. The predicted octanol–water partition coefficient (Wildman–Crippen LogP) is 2.03. The average Bonchev–Trinajstić information content (AvgIpc) is 2.80. The van der Waals surface area contributed by atoms with Crippen molar-refractivity contribution in [2.24, 2.45) is 0 Å². The summed E-state index contributed by atoms with van der Waals surface area (Å²) >= 11 is 0. The van der Waals surface area contributed by atoms with Gasteiger partial charge in [0.1, 0.15) is 23.4 Å². The topological polar surface area (TPSA) is 94.9 Å². The van der Waals surface area contributed by atoms with Crippen LogP contribution in [0.2, 0.25) is 0 Å². The maximum atomic E-state index is 13.9. The summed E-state index contributed by atoms with van der Waals surface area (Å²) in [5.41, 5.74) is -1.74. The Labute approximate surface area is 187 Å². The number of halogens is 3. The molecule has 2 aliphatic rings. The van der Waals surface area contributed by atoms with E-state index in [0.29, 0.717) is 19.0 Å². The number of carbonyl (C=O) groups is 2. The van der Waals surface area contributed by atoms with Gasteiger partial charge in [-0.05, 0) is 31.7 Å². The van der Waals surface area contributed by atoms with Crippen LogP contribution in [-0.4, -0.2) is 52.4 Å². The Morgan fingerprint density at radius 2 is 2.00 bits per heavy atom. The van der Waals surface area contributed by atoms with Crippen molar-refractivity contribution in [3.8, 4) is 5.75 Å². The summed E-state index contributed by atoms with van der Waals surface area (Å²) in [7, 11) is 0. The Morgan fingerprint density at radius 3 is 2.73 bits per heavy atom. The highest BCUT2D eigenvalue weighted by molar-refractivity contribution is 5.99. The van der Waals surface area contributed by atoms with E-state index in [0.717, 1.165) is 18.9 Å². The molecule has 0 bridgehead atoms. The molecule has 1 atom stereocenters. The standard InChI is InChI=1S/C22H23F3N4O4/c23-7-3-8-27-17-4-1-2-9-28(17)29-12-15(19(30)20(31)18(29)22(27)33)21(32)26-11-13-5-6-14(24)10-16(13)25/h5-6,10,12,17,31H,1-4,7-9,11H2,(H,26,32)/t17-/m0/s1. The highest BCUT2D eigenvalue weighted by Crippen LogP contribution is 2.29. The smallest absolute Gasteiger partial charge is 0.278 e. The van der Waals surface area contributed by atoms with Crippen LogP contribution in [0.1, 0.15) is 52.1 Å². The van der Waals surface area contributed by atoms with E-state index in [1.165, 1.54) is 21.8 Å². The molecule has 33 heavy (non-hydrogen) atoms. The zero-order valence-corrected chi connectivity index (χ0v) is 17.7. The van der Waals surface area contributed by atoms with E-state index in [9.17, 15) is 32.7 Å². The molecule has 11 heteroatoms. The molecule has 4 rings (SSSR count). The normalized spacial score (nSPS) is 17.5. The lowest BCUT2D eigenvalue weighted by atomic mass is 10.0. The minimum absolute atomic E-state index is 0.0156. The number of alkyl halides is 1. The molecule has 176 valence electrons. The molecule has 0 radical (unpaired) electrons. The van der Waals surface area contributed by atoms with Crippen molar-refractivity contribution in [1.82, 2.24) is 14.9 Å². The number of piperidine rings is 1. The lowest BCUT2D eigenvalue weighted by Gasteiger charge is -2.49. The first-order valence-corrected chi connectivity index (χ1v) is 10.7. The van der Waals surface area contributed by atoms with Crippen molar-refractivity contribution in [3.05, 3.63) is 63.1 Å². The van der Waals surface area contributed by atoms with E-state index in [2.05, 4.69) is 5.32 Å². The number of benzene rings is 1. The molecule has 1 fully saturated rings. The monoisotopic (exact) mass is 464 g/mol. The van der Waals surface area contributed by atoms with Gasteiger partial charge in [0.05, 0.1) is 6.67 Å². The van der Waals surface area contributed by atoms with Crippen LogP contribution in [0.4, 0.5) is 13.2 Å². The molecule has 2 aromatic rings. The second-order valence-corrected chi connectivity index (χ2v) is 8.01. The number of nitrogens with zero attached hydrogens (tertiary/aromatic N) is 3. The van der Waals surface area contributed by atoms with Crippen LogP contribution in [-0.2, 0) is 6.54 Å². The van der Waals surface area contributed by atoms with Crippen molar-refractivity contribution in [2.75, 3.05) is 24.8 Å². The first-order valence-electron chi connectivity index (χ1n) is 10.7. The van der Waals surface area contributed by atoms with Gasteiger partial charge < -0.3 is 15.3 Å². The highest BCUT2D eigenvalue weighted by atomic mass is 19.1. The number of hydrogen-bond acceptors (Lipinski definition) is 5. The molecule has 2 N–H and O–H groups in total. The lowest BCUT2D eigenvalue weighted by Crippen LogP contribution is -2.63. The minimum Gasteiger partial charge on any atom is -0.502 e. The summed E-state index contributed by atoms with van der Waals surface area (Å²) in [6, 6.07) is 2.89. The van der Waals surface area contributed by atoms with Gasteiger partial charge in [-0.2, -0.15) is 0 Å². The van der Waals surface area contributed by atoms with Crippen LogP contribution in [0.5, 0.6) is 5.75 Å². The quantitative estimate of drug-likeness (QED) is 0.682. The van der Waals surface area contributed by atoms with Crippen LogP contribution >= 0.6 is 0 Å². The summed E-state index contributed by atoms with van der Waals surface area (Å²) in [6.07, 6.45) is 3.18. The van der Waals surface area contributed by atoms with Crippen molar-refractivity contribution >= 4 is 11.8 Å². The van der Waals surface area contributed by atoms with Gasteiger partial charge in [-0.1, -0.05) is 6.07 Å². The number of aromatic nitrogens is 1. The van der Waals surface area contributed by atoms with Gasteiger partial charge in [0, 0.05) is 37.5 Å². The summed E-state index contributed by atoms with van der Waals surface area (Å²) in [6.45, 7) is -0.283. The van der Waals surface area contributed by atoms with Crippen molar-refractivity contribution in [2.45, 2.75) is 38.4 Å². The van der Waals surface area contributed by atoms with Crippen LogP contribution in [0.15, 0.2) is 29.2 Å². The zero-order valence-electron chi connectivity index (χ0n) is 17.7. The summed E-state index contributed by atoms with van der Waals surface area (Å²) < 4.78 is 41.0.